The first-order valence-electron chi connectivity index (χ1n) is 5.84. The number of carbonyl (C=O) groups excluding carboxylic acids is 2. The summed E-state index contributed by atoms with van der Waals surface area (Å²) >= 11 is 0. The second-order valence-electron chi connectivity index (χ2n) is 4.23. The average molecular weight is 284 g/mol. The van der Waals surface area contributed by atoms with Crippen molar-refractivity contribution in [2.24, 2.45) is 0 Å². The largest absolute Gasteiger partial charge is 0.381 e. The highest BCUT2D eigenvalue weighted by Gasteiger charge is 2.13. The molecule has 1 aromatic carbocycles. The van der Waals surface area contributed by atoms with Gasteiger partial charge in [-0.05, 0) is 37.6 Å². The van der Waals surface area contributed by atoms with Gasteiger partial charge in [-0.3, -0.25) is 9.59 Å². The summed E-state index contributed by atoms with van der Waals surface area (Å²) in [4.78, 5) is 22.8. The molecule has 3 nitrogen and oxygen atoms in total. The van der Waals surface area contributed by atoms with E-state index in [1.807, 2.05) is 0 Å². The number of methoxy groups -OCH3 is 1. The smallest absolute Gasteiger partial charge is 0.162 e. The first kappa shape index (κ1) is 20.8. The molecule has 1 rings (SSSR count). The summed E-state index contributed by atoms with van der Waals surface area (Å²) in [6.07, 6.45) is 0.864. The molecule has 0 N–H and O–H groups in total. The fourth-order valence-electron chi connectivity index (χ4n) is 1.70. The third-order valence-electron chi connectivity index (χ3n) is 2.71. The molecule has 1 aromatic rings. The van der Waals surface area contributed by atoms with Crippen LogP contribution >= 0.6 is 0 Å². The quantitative estimate of drug-likeness (QED) is 0.709. The maximum Gasteiger partial charge on any atom is 0.162 e. The fourth-order valence-corrected chi connectivity index (χ4v) is 1.70. The lowest BCUT2D eigenvalue weighted by atomic mass is 10.0. The van der Waals surface area contributed by atoms with Crippen molar-refractivity contribution in [3.63, 3.8) is 0 Å². The highest BCUT2D eigenvalue weighted by molar-refractivity contribution is 5.96. The van der Waals surface area contributed by atoms with Crippen LogP contribution in [0, 0.1) is 5.82 Å². The number of ketones is 2. The van der Waals surface area contributed by atoms with Crippen LogP contribution in [0.2, 0.25) is 0 Å². The van der Waals surface area contributed by atoms with Crippen molar-refractivity contribution < 1.29 is 18.7 Å². The minimum atomic E-state index is -0.363. The highest BCUT2D eigenvalue weighted by atomic mass is 19.1. The van der Waals surface area contributed by atoms with Crippen LogP contribution in [0.15, 0.2) is 24.3 Å². The molecule has 0 saturated heterocycles. The van der Waals surface area contributed by atoms with Gasteiger partial charge in [0.2, 0.25) is 0 Å². The van der Waals surface area contributed by atoms with E-state index in [0.29, 0.717) is 18.4 Å². The molecule has 0 heterocycles. The standard InChI is InChI=1S/C14H17FO3.2CH4/c1-10(16)9-13(18-2)7-8-14(17)11-3-5-12(15)6-4-11;;/h3-6,13H,7-9H2,1-2H3;2*1H4. The Labute approximate surface area is 121 Å². The summed E-state index contributed by atoms with van der Waals surface area (Å²) in [7, 11) is 1.52. The van der Waals surface area contributed by atoms with Crippen molar-refractivity contribution in [3.05, 3.63) is 35.6 Å². The molecule has 4 heteroatoms. The molecule has 0 radical (unpaired) electrons. The number of ether oxygens (including phenoxy) is 1. The molecule has 0 spiro atoms. The number of carbonyl (C=O) groups is 2. The van der Waals surface area contributed by atoms with Gasteiger partial charge in [0.25, 0.3) is 0 Å². The highest BCUT2D eigenvalue weighted by Crippen LogP contribution is 2.12. The summed E-state index contributed by atoms with van der Waals surface area (Å²) in [5, 5.41) is 0. The molecular weight excluding hydrogens is 259 g/mol. The predicted molar refractivity (Wildman–Crippen MR) is 79.5 cm³/mol. The van der Waals surface area contributed by atoms with Crippen LogP contribution in [-0.2, 0) is 9.53 Å². The number of Topliss-reactive ketones (excluding diaryl/α,β-unsaturated/α-hetero) is 2. The number of hydrogen-bond donors (Lipinski definition) is 0. The molecule has 114 valence electrons. The SMILES string of the molecule is C.C.COC(CCC(=O)c1ccc(F)cc1)CC(C)=O. The monoisotopic (exact) mass is 284 g/mol. The number of hydrogen-bond acceptors (Lipinski definition) is 3. The molecule has 1 unspecified atom stereocenters. The number of rotatable bonds is 7. The Morgan fingerprint density at radius 3 is 2.20 bits per heavy atom. The maximum absolute atomic E-state index is 12.7. The fraction of sp³-hybridized carbons (Fsp3) is 0.500. The van der Waals surface area contributed by atoms with E-state index < -0.39 is 0 Å². The lowest BCUT2D eigenvalue weighted by molar-refractivity contribution is -0.119. The Kier molecular flexibility index (Phi) is 10.7. The molecule has 0 aliphatic heterocycles. The van der Waals surface area contributed by atoms with Gasteiger partial charge >= 0.3 is 0 Å². The van der Waals surface area contributed by atoms with Gasteiger partial charge < -0.3 is 4.74 Å². The number of halogens is 1. The minimum Gasteiger partial charge on any atom is -0.381 e. The van der Waals surface area contributed by atoms with Gasteiger partial charge in [0.1, 0.15) is 11.6 Å². The molecule has 20 heavy (non-hydrogen) atoms. The van der Waals surface area contributed by atoms with Crippen LogP contribution in [0.1, 0.15) is 51.4 Å². The predicted octanol–water partition coefficient (Wildman–Crippen LogP) is 4.05. The summed E-state index contributed by atoms with van der Waals surface area (Å²) in [5.74, 6) is -0.394. The Bertz CT molecular complexity index is 412. The zero-order valence-corrected chi connectivity index (χ0v) is 10.6. The average Bonchev–Trinajstić information content (AvgIpc) is 2.34. The normalized spacial score (nSPS) is 10.9. The van der Waals surface area contributed by atoms with Crippen LogP contribution in [0.4, 0.5) is 4.39 Å². The van der Waals surface area contributed by atoms with E-state index >= 15 is 0 Å². The van der Waals surface area contributed by atoms with E-state index in [1.54, 1.807) is 0 Å². The molecule has 0 aliphatic carbocycles. The van der Waals surface area contributed by atoms with Gasteiger partial charge in [-0.1, -0.05) is 14.9 Å². The van der Waals surface area contributed by atoms with Crippen molar-refractivity contribution in [2.45, 2.75) is 47.1 Å². The van der Waals surface area contributed by atoms with Crippen molar-refractivity contribution in [3.8, 4) is 0 Å². The van der Waals surface area contributed by atoms with E-state index in [1.165, 1.54) is 38.3 Å². The summed E-state index contributed by atoms with van der Waals surface area (Å²) in [5.41, 5.74) is 0.481. The summed E-state index contributed by atoms with van der Waals surface area (Å²) in [6, 6.07) is 5.45. The molecule has 0 bridgehead atoms. The molecule has 1 atom stereocenters. The van der Waals surface area contributed by atoms with Crippen molar-refractivity contribution in [2.75, 3.05) is 7.11 Å². The number of benzene rings is 1. The Hall–Kier alpha value is -1.55. The van der Waals surface area contributed by atoms with Crippen LogP contribution in [0.5, 0.6) is 0 Å². The van der Waals surface area contributed by atoms with Crippen molar-refractivity contribution in [1.29, 1.82) is 0 Å². The topological polar surface area (TPSA) is 43.4 Å². The van der Waals surface area contributed by atoms with E-state index in [-0.39, 0.29) is 44.8 Å². The van der Waals surface area contributed by atoms with Gasteiger partial charge in [-0.2, -0.15) is 0 Å². The second kappa shape index (κ2) is 10.3. The van der Waals surface area contributed by atoms with Gasteiger partial charge in [0.05, 0.1) is 6.10 Å². The molecule has 0 amide bonds. The van der Waals surface area contributed by atoms with Crippen molar-refractivity contribution >= 4 is 11.6 Å². The van der Waals surface area contributed by atoms with E-state index in [9.17, 15) is 14.0 Å². The molecular formula is C16H25FO3. The lowest BCUT2D eigenvalue weighted by Crippen LogP contribution is -2.16. The zero-order chi connectivity index (χ0) is 13.5. The van der Waals surface area contributed by atoms with Crippen LogP contribution in [0.3, 0.4) is 0 Å². The third-order valence-corrected chi connectivity index (χ3v) is 2.71. The molecule has 0 fully saturated rings. The van der Waals surface area contributed by atoms with E-state index in [4.69, 9.17) is 4.74 Å². The van der Waals surface area contributed by atoms with Crippen LogP contribution in [0.25, 0.3) is 0 Å². The van der Waals surface area contributed by atoms with Crippen LogP contribution in [-0.4, -0.2) is 24.8 Å². The molecule has 0 aromatic heterocycles. The van der Waals surface area contributed by atoms with Gasteiger partial charge in [0, 0.05) is 25.5 Å². The van der Waals surface area contributed by atoms with Crippen LogP contribution < -0.4 is 0 Å². The molecule has 0 saturated carbocycles. The van der Waals surface area contributed by atoms with Crippen molar-refractivity contribution in [1.82, 2.24) is 0 Å². The lowest BCUT2D eigenvalue weighted by Gasteiger charge is -2.12. The molecule has 0 aliphatic rings. The van der Waals surface area contributed by atoms with Gasteiger partial charge in [-0.25, -0.2) is 4.39 Å². The van der Waals surface area contributed by atoms with Gasteiger partial charge in [0.15, 0.2) is 5.78 Å². The third kappa shape index (κ3) is 7.14. The Morgan fingerprint density at radius 1 is 1.20 bits per heavy atom. The summed E-state index contributed by atoms with van der Waals surface area (Å²) < 4.78 is 17.8. The Balaban J connectivity index is 0. The Morgan fingerprint density at radius 2 is 1.75 bits per heavy atom. The summed E-state index contributed by atoms with van der Waals surface area (Å²) in [6.45, 7) is 1.49. The van der Waals surface area contributed by atoms with E-state index in [2.05, 4.69) is 0 Å². The second-order valence-corrected chi connectivity index (χ2v) is 4.23. The first-order valence-corrected chi connectivity index (χ1v) is 5.84. The van der Waals surface area contributed by atoms with Gasteiger partial charge in [-0.15, -0.1) is 0 Å². The zero-order valence-electron chi connectivity index (χ0n) is 10.6. The maximum atomic E-state index is 12.7. The first-order chi connectivity index (χ1) is 8.52. The minimum absolute atomic E-state index is 0. The van der Waals surface area contributed by atoms with E-state index in [0.717, 1.165) is 0 Å².